The van der Waals surface area contributed by atoms with Crippen LogP contribution in [0.1, 0.15) is 41.7 Å². The highest BCUT2D eigenvalue weighted by atomic mass is 16.4. The van der Waals surface area contributed by atoms with Crippen molar-refractivity contribution < 1.29 is 9.90 Å². The van der Waals surface area contributed by atoms with Crippen molar-refractivity contribution in [2.45, 2.75) is 32.2 Å². The largest absolute Gasteiger partial charge is 0.478 e. The molecule has 1 saturated carbocycles. The molecule has 1 fully saturated rings. The first-order valence-corrected chi connectivity index (χ1v) is 6.52. The molecule has 1 N–H and O–H groups in total. The Morgan fingerprint density at radius 3 is 2.72 bits per heavy atom. The van der Waals surface area contributed by atoms with Crippen LogP contribution < -0.4 is 0 Å². The summed E-state index contributed by atoms with van der Waals surface area (Å²) in [7, 11) is 2.10. The highest BCUT2D eigenvalue weighted by molar-refractivity contribution is 5.87. The van der Waals surface area contributed by atoms with Crippen molar-refractivity contribution in [2.24, 2.45) is 5.92 Å². The van der Waals surface area contributed by atoms with Crippen LogP contribution in [-0.4, -0.2) is 34.6 Å². The van der Waals surface area contributed by atoms with E-state index in [0.29, 0.717) is 0 Å². The summed E-state index contributed by atoms with van der Waals surface area (Å²) in [5.74, 6) is -0.0957. The van der Waals surface area contributed by atoms with Gasteiger partial charge in [0, 0.05) is 19.3 Å². The molecule has 0 spiro atoms. The predicted octanol–water partition coefficient (Wildman–Crippen LogP) is 2.40. The second kappa shape index (κ2) is 5.96. The second-order valence-electron chi connectivity index (χ2n) is 5.19. The van der Waals surface area contributed by atoms with Gasteiger partial charge in [-0.15, -0.1) is 0 Å². The molecule has 0 amide bonds. The SMILES string of the molecule is CN(Cc1ccc(C(=O)O)cn1)CC1CCCC1. The first-order chi connectivity index (χ1) is 8.65. The van der Waals surface area contributed by atoms with Crippen molar-refractivity contribution in [1.29, 1.82) is 0 Å². The lowest BCUT2D eigenvalue weighted by Gasteiger charge is -2.20. The molecule has 1 aliphatic rings. The van der Waals surface area contributed by atoms with Gasteiger partial charge in [-0.25, -0.2) is 4.79 Å². The minimum Gasteiger partial charge on any atom is -0.478 e. The molecule has 18 heavy (non-hydrogen) atoms. The van der Waals surface area contributed by atoms with E-state index >= 15 is 0 Å². The third kappa shape index (κ3) is 3.53. The van der Waals surface area contributed by atoms with Gasteiger partial charge in [-0.3, -0.25) is 4.98 Å². The summed E-state index contributed by atoms with van der Waals surface area (Å²) >= 11 is 0. The highest BCUT2D eigenvalue weighted by Gasteiger charge is 2.17. The zero-order valence-electron chi connectivity index (χ0n) is 10.8. The molecule has 1 aliphatic carbocycles. The van der Waals surface area contributed by atoms with Gasteiger partial charge in [0.05, 0.1) is 11.3 Å². The van der Waals surface area contributed by atoms with Gasteiger partial charge < -0.3 is 10.0 Å². The van der Waals surface area contributed by atoms with Crippen LogP contribution in [-0.2, 0) is 6.54 Å². The molecule has 0 aromatic carbocycles. The Morgan fingerprint density at radius 2 is 2.17 bits per heavy atom. The molecule has 1 heterocycles. The Labute approximate surface area is 108 Å². The molecule has 4 nitrogen and oxygen atoms in total. The lowest BCUT2D eigenvalue weighted by molar-refractivity contribution is 0.0696. The van der Waals surface area contributed by atoms with Crippen LogP contribution in [0.3, 0.4) is 0 Å². The molecule has 2 rings (SSSR count). The van der Waals surface area contributed by atoms with Crippen LogP contribution in [0.5, 0.6) is 0 Å². The number of carbonyl (C=O) groups is 1. The first-order valence-electron chi connectivity index (χ1n) is 6.52. The van der Waals surface area contributed by atoms with Crippen LogP contribution in [0.2, 0.25) is 0 Å². The second-order valence-corrected chi connectivity index (χ2v) is 5.19. The van der Waals surface area contributed by atoms with Crippen molar-refractivity contribution in [3.63, 3.8) is 0 Å². The van der Waals surface area contributed by atoms with Gasteiger partial charge in [0.15, 0.2) is 0 Å². The maximum Gasteiger partial charge on any atom is 0.337 e. The van der Waals surface area contributed by atoms with E-state index in [2.05, 4.69) is 16.9 Å². The molecule has 0 radical (unpaired) electrons. The number of carboxylic acids is 1. The Morgan fingerprint density at radius 1 is 1.44 bits per heavy atom. The van der Waals surface area contributed by atoms with Crippen LogP contribution in [0.15, 0.2) is 18.3 Å². The summed E-state index contributed by atoms with van der Waals surface area (Å²) in [4.78, 5) is 17.2. The van der Waals surface area contributed by atoms with Crippen LogP contribution in [0, 0.1) is 5.92 Å². The zero-order chi connectivity index (χ0) is 13.0. The molecule has 1 aromatic rings. The van der Waals surface area contributed by atoms with E-state index in [0.717, 1.165) is 24.7 Å². The average Bonchev–Trinajstić information content (AvgIpc) is 2.82. The molecule has 4 heteroatoms. The first kappa shape index (κ1) is 13.0. The fourth-order valence-corrected chi connectivity index (χ4v) is 2.62. The third-order valence-electron chi connectivity index (χ3n) is 3.55. The summed E-state index contributed by atoms with van der Waals surface area (Å²) in [6, 6.07) is 3.42. The van der Waals surface area contributed by atoms with Crippen molar-refractivity contribution >= 4 is 5.97 Å². The van der Waals surface area contributed by atoms with Gasteiger partial charge in [0.25, 0.3) is 0 Å². The quantitative estimate of drug-likeness (QED) is 0.869. The van der Waals surface area contributed by atoms with E-state index in [-0.39, 0.29) is 5.56 Å². The van der Waals surface area contributed by atoms with Crippen molar-refractivity contribution in [1.82, 2.24) is 9.88 Å². The average molecular weight is 248 g/mol. The normalized spacial score (nSPS) is 16.3. The Hall–Kier alpha value is -1.42. The maximum absolute atomic E-state index is 10.7. The maximum atomic E-state index is 10.7. The lowest BCUT2D eigenvalue weighted by atomic mass is 10.1. The number of aromatic nitrogens is 1. The molecule has 0 bridgehead atoms. The topological polar surface area (TPSA) is 53.4 Å². The van der Waals surface area contributed by atoms with Crippen molar-refractivity contribution in [3.8, 4) is 0 Å². The fraction of sp³-hybridized carbons (Fsp3) is 0.571. The van der Waals surface area contributed by atoms with Crippen molar-refractivity contribution in [3.05, 3.63) is 29.6 Å². The summed E-state index contributed by atoms with van der Waals surface area (Å²) in [6.07, 6.45) is 6.85. The Bertz CT molecular complexity index is 397. The Balaban J connectivity index is 1.86. The molecule has 0 aliphatic heterocycles. The Kier molecular flexibility index (Phi) is 4.31. The van der Waals surface area contributed by atoms with E-state index in [1.54, 1.807) is 12.1 Å². The van der Waals surface area contributed by atoms with Gasteiger partial charge in [-0.2, -0.15) is 0 Å². The number of aromatic carboxylic acids is 1. The fourth-order valence-electron chi connectivity index (χ4n) is 2.62. The van der Waals surface area contributed by atoms with E-state index in [4.69, 9.17) is 5.11 Å². The molecule has 1 aromatic heterocycles. The lowest BCUT2D eigenvalue weighted by Crippen LogP contribution is -2.24. The molecular formula is C14H20N2O2. The summed E-state index contributed by atoms with van der Waals surface area (Å²) in [6.45, 7) is 1.90. The smallest absolute Gasteiger partial charge is 0.337 e. The van der Waals surface area contributed by atoms with Gasteiger partial charge in [0.2, 0.25) is 0 Å². The van der Waals surface area contributed by atoms with Gasteiger partial charge >= 0.3 is 5.97 Å². The number of hydrogen-bond acceptors (Lipinski definition) is 3. The summed E-state index contributed by atoms with van der Waals surface area (Å²) in [5, 5.41) is 8.80. The highest BCUT2D eigenvalue weighted by Crippen LogP contribution is 2.25. The standard InChI is InChI=1S/C14H20N2O2/c1-16(9-11-4-2-3-5-11)10-13-7-6-12(8-15-13)14(17)18/h6-8,11H,2-5,9-10H2,1H3,(H,17,18). The minimum absolute atomic E-state index is 0.247. The van der Waals surface area contributed by atoms with Gasteiger partial charge in [0.1, 0.15) is 0 Å². The molecular weight excluding hydrogens is 228 g/mol. The third-order valence-corrected chi connectivity index (χ3v) is 3.55. The minimum atomic E-state index is -0.923. The summed E-state index contributed by atoms with van der Waals surface area (Å²) < 4.78 is 0. The number of nitrogens with zero attached hydrogens (tertiary/aromatic N) is 2. The van der Waals surface area contributed by atoms with Crippen LogP contribution in [0.25, 0.3) is 0 Å². The van der Waals surface area contributed by atoms with Crippen molar-refractivity contribution in [2.75, 3.05) is 13.6 Å². The zero-order valence-corrected chi connectivity index (χ0v) is 10.8. The van der Waals surface area contributed by atoms with Gasteiger partial charge in [-0.1, -0.05) is 12.8 Å². The van der Waals surface area contributed by atoms with E-state index < -0.39 is 5.97 Å². The van der Waals surface area contributed by atoms with E-state index in [9.17, 15) is 4.79 Å². The van der Waals surface area contributed by atoms with Gasteiger partial charge in [-0.05, 0) is 37.9 Å². The number of rotatable bonds is 5. The van der Waals surface area contributed by atoms with Crippen LogP contribution in [0.4, 0.5) is 0 Å². The van der Waals surface area contributed by atoms with Crippen LogP contribution >= 0.6 is 0 Å². The molecule has 0 saturated heterocycles. The number of hydrogen-bond donors (Lipinski definition) is 1. The van der Waals surface area contributed by atoms with E-state index in [1.807, 2.05) is 0 Å². The van der Waals surface area contributed by atoms with E-state index in [1.165, 1.54) is 31.9 Å². The summed E-state index contributed by atoms with van der Waals surface area (Å²) in [5.41, 5.74) is 1.18. The number of pyridine rings is 1. The molecule has 0 atom stereocenters. The predicted molar refractivity (Wildman–Crippen MR) is 69.5 cm³/mol. The molecule has 98 valence electrons. The molecule has 0 unspecified atom stereocenters. The monoisotopic (exact) mass is 248 g/mol. The number of carboxylic acid groups (broad SMARTS) is 1.